The summed E-state index contributed by atoms with van der Waals surface area (Å²) in [7, 11) is 1.81. The second-order valence-corrected chi connectivity index (χ2v) is 5.29. The number of allylic oxidation sites excluding steroid dienone is 1. The maximum absolute atomic E-state index is 11.8. The van der Waals surface area contributed by atoms with Gasteiger partial charge in [-0.1, -0.05) is 12.0 Å². The minimum atomic E-state index is 0.146. The van der Waals surface area contributed by atoms with Gasteiger partial charge in [0.2, 0.25) is 5.91 Å². The third-order valence-electron chi connectivity index (χ3n) is 3.14. The first kappa shape index (κ1) is 14.7. The van der Waals surface area contributed by atoms with E-state index in [1.54, 1.807) is 18.9 Å². The zero-order valence-corrected chi connectivity index (χ0v) is 13.2. The fourth-order valence-corrected chi connectivity index (χ4v) is 2.61. The summed E-state index contributed by atoms with van der Waals surface area (Å²) in [5.41, 5.74) is 1.93. The largest absolute Gasteiger partial charge is 0.481 e. The SMILES string of the molecule is CC#CCOc1ccc(C2=CCCC(=O)N2C)c(Br)c1. The van der Waals surface area contributed by atoms with Crippen molar-refractivity contribution >= 4 is 27.5 Å². The highest BCUT2D eigenvalue weighted by atomic mass is 79.9. The fourth-order valence-electron chi connectivity index (χ4n) is 2.05. The molecular formula is C16H16BrNO2. The lowest BCUT2D eigenvalue weighted by molar-refractivity contribution is -0.127. The van der Waals surface area contributed by atoms with E-state index in [-0.39, 0.29) is 5.91 Å². The molecule has 3 nitrogen and oxygen atoms in total. The Morgan fingerprint density at radius 2 is 2.25 bits per heavy atom. The molecule has 4 heteroatoms. The van der Waals surface area contributed by atoms with Crippen molar-refractivity contribution in [1.29, 1.82) is 0 Å². The van der Waals surface area contributed by atoms with Gasteiger partial charge in [0.25, 0.3) is 0 Å². The Morgan fingerprint density at radius 1 is 1.45 bits per heavy atom. The van der Waals surface area contributed by atoms with Crippen LogP contribution in [0.3, 0.4) is 0 Å². The monoisotopic (exact) mass is 333 g/mol. The Bertz CT molecular complexity index is 611. The van der Waals surface area contributed by atoms with Gasteiger partial charge in [0.05, 0.1) is 0 Å². The zero-order valence-electron chi connectivity index (χ0n) is 11.6. The predicted molar refractivity (Wildman–Crippen MR) is 83.1 cm³/mol. The number of ether oxygens (including phenoxy) is 1. The van der Waals surface area contributed by atoms with Gasteiger partial charge in [-0.3, -0.25) is 4.79 Å². The Morgan fingerprint density at radius 3 is 2.95 bits per heavy atom. The Kier molecular flexibility index (Phi) is 4.86. The van der Waals surface area contributed by atoms with E-state index >= 15 is 0 Å². The van der Waals surface area contributed by atoms with Crippen molar-refractivity contribution in [3.8, 4) is 17.6 Å². The molecule has 1 amide bonds. The van der Waals surface area contributed by atoms with Crippen LogP contribution in [0.5, 0.6) is 5.75 Å². The van der Waals surface area contributed by atoms with E-state index in [0.29, 0.717) is 13.0 Å². The van der Waals surface area contributed by atoms with Gasteiger partial charge >= 0.3 is 0 Å². The number of rotatable bonds is 3. The number of amides is 1. The molecule has 0 saturated carbocycles. The van der Waals surface area contributed by atoms with Gasteiger partial charge in [-0.2, -0.15) is 0 Å². The molecule has 1 aromatic rings. The van der Waals surface area contributed by atoms with Gasteiger partial charge in [0, 0.05) is 29.2 Å². The first-order chi connectivity index (χ1) is 9.63. The highest BCUT2D eigenvalue weighted by molar-refractivity contribution is 9.10. The molecule has 0 saturated heterocycles. The molecule has 0 fully saturated rings. The number of benzene rings is 1. The van der Waals surface area contributed by atoms with Crippen LogP contribution in [-0.2, 0) is 4.79 Å². The summed E-state index contributed by atoms with van der Waals surface area (Å²) in [6, 6.07) is 5.76. The zero-order chi connectivity index (χ0) is 14.5. The number of hydrogen-bond acceptors (Lipinski definition) is 2. The molecule has 0 spiro atoms. The molecule has 0 aromatic heterocycles. The summed E-state index contributed by atoms with van der Waals surface area (Å²) in [6.45, 7) is 2.16. The lowest BCUT2D eigenvalue weighted by Crippen LogP contribution is -2.27. The molecule has 0 unspecified atom stereocenters. The van der Waals surface area contributed by atoms with Crippen LogP contribution in [-0.4, -0.2) is 24.5 Å². The van der Waals surface area contributed by atoms with Gasteiger partial charge in [-0.25, -0.2) is 0 Å². The molecule has 20 heavy (non-hydrogen) atoms. The van der Waals surface area contributed by atoms with E-state index < -0.39 is 0 Å². The molecule has 1 aliphatic heterocycles. The van der Waals surface area contributed by atoms with Crippen molar-refractivity contribution in [2.75, 3.05) is 13.7 Å². The van der Waals surface area contributed by atoms with Crippen LogP contribution in [0.4, 0.5) is 0 Å². The summed E-state index contributed by atoms with van der Waals surface area (Å²) >= 11 is 3.54. The van der Waals surface area contributed by atoms with Crippen molar-refractivity contribution in [3.05, 3.63) is 34.3 Å². The quantitative estimate of drug-likeness (QED) is 0.793. The molecule has 0 radical (unpaired) electrons. The highest BCUT2D eigenvalue weighted by Crippen LogP contribution is 2.32. The molecule has 0 N–H and O–H groups in total. The van der Waals surface area contributed by atoms with Crippen LogP contribution in [0.15, 0.2) is 28.7 Å². The summed E-state index contributed by atoms with van der Waals surface area (Å²) in [5.74, 6) is 6.55. The maximum atomic E-state index is 11.8. The minimum absolute atomic E-state index is 0.146. The molecular weight excluding hydrogens is 318 g/mol. The van der Waals surface area contributed by atoms with Crippen LogP contribution in [0, 0.1) is 11.8 Å². The fraction of sp³-hybridized carbons (Fsp3) is 0.312. The molecule has 0 atom stereocenters. The van der Waals surface area contributed by atoms with E-state index in [9.17, 15) is 4.79 Å². The summed E-state index contributed by atoms with van der Waals surface area (Å²) < 4.78 is 6.42. The van der Waals surface area contributed by atoms with Crippen LogP contribution in [0.2, 0.25) is 0 Å². The molecule has 1 heterocycles. The third kappa shape index (κ3) is 3.23. The van der Waals surface area contributed by atoms with E-state index in [0.717, 1.165) is 27.9 Å². The normalized spacial score (nSPS) is 14.4. The molecule has 0 bridgehead atoms. The number of nitrogens with zero attached hydrogens (tertiary/aromatic N) is 1. The second kappa shape index (κ2) is 6.62. The van der Waals surface area contributed by atoms with Gasteiger partial charge in [0.15, 0.2) is 0 Å². The number of hydrogen-bond donors (Lipinski definition) is 0. The predicted octanol–water partition coefficient (Wildman–Crippen LogP) is 3.44. The maximum Gasteiger partial charge on any atom is 0.227 e. The minimum Gasteiger partial charge on any atom is -0.481 e. The topological polar surface area (TPSA) is 29.5 Å². The smallest absolute Gasteiger partial charge is 0.227 e. The van der Waals surface area contributed by atoms with Gasteiger partial charge in [-0.05, 0) is 47.5 Å². The van der Waals surface area contributed by atoms with Crippen molar-refractivity contribution in [2.45, 2.75) is 19.8 Å². The Labute approximate surface area is 127 Å². The molecule has 1 aliphatic rings. The Hall–Kier alpha value is -1.73. The number of carbonyl (C=O) groups is 1. The highest BCUT2D eigenvalue weighted by Gasteiger charge is 2.20. The first-order valence-electron chi connectivity index (χ1n) is 6.42. The average Bonchev–Trinajstić information content (AvgIpc) is 2.43. The van der Waals surface area contributed by atoms with Crippen molar-refractivity contribution in [1.82, 2.24) is 4.90 Å². The van der Waals surface area contributed by atoms with E-state index in [1.807, 2.05) is 18.2 Å². The number of halogens is 1. The van der Waals surface area contributed by atoms with Crippen LogP contribution in [0.25, 0.3) is 5.70 Å². The first-order valence-corrected chi connectivity index (χ1v) is 7.22. The van der Waals surface area contributed by atoms with E-state index in [1.165, 1.54) is 0 Å². The molecule has 2 rings (SSSR count). The number of carbonyl (C=O) groups excluding carboxylic acids is 1. The van der Waals surface area contributed by atoms with Crippen LogP contribution in [0.1, 0.15) is 25.3 Å². The standard InChI is InChI=1S/C16H16BrNO2/c1-3-4-10-20-12-8-9-13(14(17)11-12)15-6-5-7-16(19)18(15)2/h6,8-9,11H,5,7,10H2,1-2H3. The molecule has 0 aliphatic carbocycles. The summed E-state index contributed by atoms with van der Waals surface area (Å²) in [5, 5.41) is 0. The lowest BCUT2D eigenvalue weighted by atomic mass is 10.0. The lowest BCUT2D eigenvalue weighted by Gasteiger charge is -2.25. The van der Waals surface area contributed by atoms with E-state index in [4.69, 9.17) is 4.74 Å². The molecule has 104 valence electrons. The van der Waals surface area contributed by atoms with Gasteiger partial charge < -0.3 is 9.64 Å². The van der Waals surface area contributed by atoms with Gasteiger partial charge in [-0.15, -0.1) is 5.92 Å². The Balaban J connectivity index is 2.23. The second-order valence-electron chi connectivity index (χ2n) is 4.44. The van der Waals surface area contributed by atoms with Gasteiger partial charge in [0.1, 0.15) is 12.4 Å². The summed E-state index contributed by atoms with van der Waals surface area (Å²) in [6.07, 6.45) is 3.45. The van der Waals surface area contributed by atoms with Crippen LogP contribution < -0.4 is 4.74 Å². The van der Waals surface area contributed by atoms with Crippen LogP contribution >= 0.6 is 15.9 Å². The van der Waals surface area contributed by atoms with Crippen molar-refractivity contribution in [2.24, 2.45) is 0 Å². The van der Waals surface area contributed by atoms with Crippen molar-refractivity contribution in [3.63, 3.8) is 0 Å². The third-order valence-corrected chi connectivity index (χ3v) is 3.79. The average molecular weight is 334 g/mol. The summed E-state index contributed by atoms with van der Waals surface area (Å²) in [4.78, 5) is 13.5. The molecule has 1 aromatic carbocycles. The van der Waals surface area contributed by atoms with E-state index in [2.05, 4.69) is 33.8 Å². The van der Waals surface area contributed by atoms with Crippen molar-refractivity contribution < 1.29 is 9.53 Å².